The fourth-order valence-corrected chi connectivity index (χ4v) is 2.79. The van der Waals surface area contributed by atoms with Crippen LogP contribution < -0.4 is 0 Å². The highest BCUT2D eigenvalue weighted by atomic mass is 16.5. The van der Waals surface area contributed by atoms with Crippen molar-refractivity contribution in [2.24, 2.45) is 0 Å². The van der Waals surface area contributed by atoms with Gasteiger partial charge in [-0.05, 0) is 23.6 Å². The number of hydrogen-bond donors (Lipinski definition) is 0. The first-order valence-electron chi connectivity index (χ1n) is 7.20. The van der Waals surface area contributed by atoms with E-state index in [4.69, 9.17) is 4.74 Å². The molecule has 0 aliphatic carbocycles. The van der Waals surface area contributed by atoms with E-state index in [9.17, 15) is 4.79 Å². The molecule has 0 aliphatic rings. The minimum Gasteiger partial charge on any atom is -0.465 e. The number of benzene rings is 3. The maximum Gasteiger partial charge on any atom is 0.340 e. The molecule has 1 aromatic heterocycles. The van der Waals surface area contributed by atoms with Crippen molar-refractivity contribution in [1.82, 2.24) is 15.0 Å². The summed E-state index contributed by atoms with van der Waals surface area (Å²) in [5.41, 5.74) is 2.76. The predicted molar refractivity (Wildman–Crippen MR) is 87.7 cm³/mol. The molecule has 0 aliphatic heterocycles. The van der Waals surface area contributed by atoms with Crippen molar-refractivity contribution in [2.45, 2.75) is 0 Å². The van der Waals surface area contributed by atoms with Crippen LogP contribution in [0.15, 0.2) is 60.7 Å². The third kappa shape index (κ3) is 2.05. The summed E-state index contributed by atoms with van der Waals surface area (Å²) >= 11 is 0. The Kier molecular flexibility index (Phi) is 3.05. The van der Waals surface area contributed by atoms with Crippen LogP contribution in [0.1, 0.15) is 10.4 Å². The van der Waals surface area contributed by atoms with Gasteiger partial charge < -0.3 is 4.74 Å². The van der Waals surface area contributed by atoms with Gasteiger partial charge in [0.2, 0.25) is 0 Å². The molecule has 5 nitrogen and oxygen atoms in total. The van der Waals surface area contributed by atoms with Crippen molar-refractivity contribution < 1.29 is 9.53 Å². The van der Waals surface area contributed by atoms with Gasteiger partial charge in [-0.25, -0.2) is 9.48 Å². The van der Waals surface area contributed by atoms with E-state index in [1.807, 2.05) is 54.6 Å². The van der Waals surface area contributed by atoms with E-state index < -0.39 is 5.97 Å². The number of esters is 1. The number of aromatic nitrogens is 3. The van der Waals surface area contributed by atoms with Gasteiger partial charge in [-0.1, -0.05) is 47.7 Å². The van der Waals surface area contributed by atoms with Crippen molar-refractivity contribution in [3.63, 3.8) is 0 Å². The van der Waals surface area contributed by atoms with Gasteiger partial charge in [0.05, 0.1) is 23.9 Å². The zero-order valence-electron chi connectivity index (χ0n) is 12.4. The Morgan fingerprint density at radius 2 is 1.78 bits per heavy atom. The van der Waals surface area contributed by atoms with Crippen molar-refractivity contribution in [3.8, 4) is 5.69 Å². The van der Waals surface area contributed by atoms with E-state index in [2.05, 4.69) is 10.3 Å². The molecular formula is C18H13N3O2. The summed E-state index contributed by atoms with van der Waals surface area (Å²) in [5, 5.41) is 10.4. The van der Waals surface area contributed by atoms with E-state index in [-0.39, 0.29) is 0 Å². The third-order valence-corrected chi connectivity index (χ3v) is 3.87. The summed E-state index contributed by atoms with van der Waals surface area (Å²) in [7, 11) is 1.38. The zero-order chi connectivity index (χ0) is 15.8. The first-order chi connectivity index (χ1) is 11.3. The van der Waals surface area contributed by atoms with Crippen LogP contribution in [0, 0.1) is 0 Å². The van der Waals surface area contributed by atoms with E-state index in [0.717, 1.165) is 21.8 Å². The Hall–Kier alpha value is -3.21. The molecule has 0 fully saturated rings. The molecule has 1 heterocycles. The van der Waals surface area contributed by atoms with Crippen LogP contribution in [0.4, 0.5) is 0 Å². The molecule has 0 amide bonds. The quantitative estimate of drug-likeness (QED) is 0.533. The van der Waals surface area contributed by atoms with Crippen LogP contribution in [0.2, 0.25) is 0 Å². The molecule has 23 heavy (non-hydrogen) atoms. The average molecular weight is 303 g/mol. The number of rotatable bonds is 2. The number of ether oxygens (including phenoxy) is 1. The number of nitrogens with zero attached hydrogens (tertiary/aromatic N) is 3. The van der Waals surface area contributed by atoms with Crippen molar-refractivity contribution in [1.29, 1.82) is 0 Å². The van der Waals surface area contributed by atoms with Gasteiger partial charge >= 0.3 is 5.97 Å². The van der Waals surface area contributed by atoms with Crippen LogP contribution in [-0.2, 0) is 4.74 Å². The summed E-state index contributed by atoms with van der Waals surface area (Å²) in [6, 6.07) is 19.2. The second-order valence-corrected chi connectivity index (χ2v) is 5.16. The Morgan fingerprint density at radius 1 is 1.00 bits per heavy atom. The minimum atomic E-state index is -0.398. The van der Waals surface area contributed by atoms with Crippen LogP contribution in [0.3, 0.4) is 0 Å². The Bertz CT molecular complexity index is 1040. The summed E-state index contributed by atoms with van der Waals surface area (Å²) in [6.07, 6.45) is 0. The molecule has 0 saturated heterocycles. The molecular weight excluding hydrogens is 290 g/mol. The standard InChI is InChI=1S/C18H13N3O2/c1-23-18(22)14-11-10-12-6-2-3-7-13(12)17(14)21-16-9-5-4-8-15(16)19-20-21/h2-11H,1H3. The minimum absolute atomic E-state index is 0.398. The lowest BCUT2D eigenvalue weighted by Crippen LogP contribution is -2.09. The number of carbonyl (C=O) groups excluding carboxylic acids is 1. The van der Waals surface area contributed by atoms with Crippen LogP contribution in [-0.4, -0.2) is 28.1 Å². The summed E-state index contributed by atoms with van der Waals surface area (Å²) < 4.78 is 6.63. The molecule has 0 N–H and O–H groups in total. The normalized spacial score (nSPS) is 11.0. The summed E-state index contributed by atoms with van der Waals surface area (Å²) in [6.45, 7) is 0. The van der Waals surface area contributed by atoms with Gasteiger partial charge in [-0.3, -0.25) is 0 Å². The Labute approximate surface area is 132 Å². The first-order valence-corrected chi connectivity index (χ1v) is 7.20. The highest BCUT2D eigenvalue weighted by Gasteiger charge is 2.19. The number of fused-ring (bicyclic) bond motifs is 2. The largest absolute Gasteiger partial charge is 0.465 e. The molecule has 0 unspecified atom stereocenters. The van der Waals surface area contributed by atoms with Gasteiger partial charge in [0.15, 0.2) is 0 Å². The smallest absolute Gasteiger partial charge is 0.340 e. The first kappa shape index (κ1) is 13.5. The topological polar surface area (TPSA) is 57.0 Å². The second-order valence-electron chi connectivity index (χ2n) is 5.16. The van der Waals surface area contributed by atoms with Crippen LogP contribution in [0.25, 0.3) is 27.5 Å². The lowest BCUT2D eigenvalue weighted by molar-refractivity contribution is 0.0601. The molecule has 0 atom stereocenters. The number of hydrogen-bond acceptors (Lipinski definition) is 4. The highest BCUT2D eigenvalue weighted by molar-refractivity contribution is 6.03. The highest BCUT2D eigenvalue weighted by Crippen LogP contribution is 2.28. The maximum atomic E-state index is 12.2. The molecule has 3 aromatic carbocycles. The third-order valence-electron chi connectivity index (χ3n) is 3.87. The van der Waals surface area contributed by atoms with E-state index in [0.29, 0.717) is 11.3 Å². The average Bonchev–Trinajstić information content (AvgIpc) is 3.04. The van der Waals surface area contributed by atoms with Gasteiger partial charge in [-0.2, -0.15) is 0 Å². The second kappa shape index (κ2) is 5.21. The SMILES string of the molecule is COC(=O)c1ccc2ccccc2c1-n1nnc2ccccc21. The molecule has 4 aromatic rings. The van der Waals surface area contributed by atoms with Gasteiger partial charge in [0.1, 0.15) is 5.52 Å². The molecule has 5 heteroatoms. The Morgan fingerprint density at radius 3 is 2.65 bits per heavy atom. The van der Waals surface area contributed by atoms with Crippen molar-refractivity contribution in [3.05, 3.63) is 66.2 Å². The Balaban J connectivity index is 2.13. The lowest BCUT2D eigenvalue weighted by atomic mass is 10.0. The van der Waals surface area contributed by atoms with E-state index >= 15 is 0 Å². The summed E-state index contributed by atoms with van der Waals surface area (Å²) in [5.74, 6) is -0.398. The van der Waals surface area contributed by atoms with E-state index in [1.54, 1.807) is 10.7 Å². The molecule has 0 radical (unpaired) electrons. The fourth-order valence-electron chi connectivity index (χ4n) is 2.79. The molecule has 112 valence electrons. The fraction of sp³-hybridized carbons (Fsp3) is 0.0556. The van der Waals surface area contributed by atoms with Gasteiger partial charge in [0, 0.05) is 5.39 Å². The molecule has 4 rings (SSSR count). The van der Waals surface area contributed by atoms with Gasteiger partial charge in [0.25, 0.3) is 0 Å². The summed E-state index contributed by atoms with van der Waals surface area (Å²) in [4.78, 5) is 12.2. The zero-order valence-corrected chi connectivity index (χ0v) is 12.4. The lowest BCUT2D eigenvalue weighted by Gasteiger charge is -2.12. The monoisotopic (exact) mass is 303 g/mol. The van der Waals surface area contributed by atoms with Crippen molar-refractivity contribution >= 4 is 27.8 Å². The number of methoxy groups -OCH3 is 1. The molecule has 0 spiro atoms. The number of carbonyl (C=O) groups is 1. The molecule has 0 saturated carbocycles. The molecule has 0 bridgehead atoms. The van der Waals surface area contributed by atoms with Crippen LogP contribution >= 0.6 is 0 Å². The van der Waals surface area contributed by atoms with Gasteiger partial charge in [-0.15, -0.1) is 5.10 Å². The maximum absolute atomic E-state index is 12.2. The van der Waals surface area contributed by atoms with E-state index in [1.165, 1.54) is 7.11 Å². The van der Waals surface area contributed by atoms with Crippen LogP contribution in [0.5, 0.6) is 0 Å². The predicted octanol–water partition coefficient (Wildman–Crippen LogP) is 3.36. The number of para-hydroxylation sites is 1. The van der Waals surface area contributed by atoms with Crippen molar-refractivity contribution in [2.75, 3.05) is 7.11 Å².